The van der Waals surface area contributed by atoms with Gasteiger partial charge in [0.15, 0.2) is 0 Å². The van der Waals surface area contributed by atoms with Crippen LogP contribution in [0.4, 0.5) is 4.39 Å². The molecule has 0 bridgehead atoms. The average Bonchev–Trinajstić information content (AvgIpc) is 2.01. The van der Waals surface area contributed by atoms with Crippen LogP contribution in [0, 0.1) is 12.7 Å². The lowest BCUT2D eigenvalue weighted by Crippen LogP contribution is -2.06. The van der Waals surface area contributed by atoms with Crippen molar-refractivity contribution < 1.29 is 14.3 Å². The molecule has 0 saturated carbocycles. The molecule has 0 unspecified atom stereocenters. The Morgan fingerprint density at radius 1 is 1.50 bits per heavy atom. The van der Waals surface area contributed by atoms with Gasteiger partial charge < -0.3 is 5.11 Å². The fraction of sp³-hybridized carbons (Fsp3) is 0.364. The minimum atomic E-state index is -1.19. The van der Waals surface area contributed by atoms with Gasteiger partial charge in [-0.1, -0.05) is 19.4 Å². The Hall–Kier alpha value is -1.38. The Morgan fingerprint density at radius 3 is 2.64 bits per heavy atom. The minimum absolute atomic E-state index is 0.183. The quantitative estimate of drug-likeness (QED) is 0.807. The second-order valence-corrected chi connectivity index (χ2v) is 3.34. The zero-order valence-corrected chi connectivity index (χ0v) is 8.30. The maximum Gasteiger partial charge on any atom is 0.338 e. The maximum absolute atomic E-state index is 13.3. The second kappa shape index (κ2) is 4.22. The van der Waals surface area contributed by atoms with E-state index >= 15 is 0 Å². The van der Waals surface area contributed by atoms with Gasteiger partial charge in [0.25, 0.3) is 0 Å². The van der Waals surface area contributed by atoms with Crippen molar-refractivity contribution in [1.29, 1.82) is 0 Å². The van der Waals surface area contributed by atoms with Crippen molar-refractivity contribution in [2.45, 2.75) is 26.7 Å². The Morgan fingerprint density at radius 2 is 2.14 bits per heavy atom. The summed E-state index contributed by atoms with van der Waals surface area (Å²) in [6.45, 7) is 3.69. The summed E-state index contributed by atoms with van der Waals surface area (Å²) in [4.78, 5) is 10.8. The van der Waals surface area contributed by atoms with E-state index in [1.807, 2.05) is 6.92 Å². The van der Waals surface area contributed by atoms with Crippen LogP contribution in [0.5, 0.6) is 0 Å². The Kier molecular flexibility index (Phi) is 3.23. The van der Waals surface area contributed by atoms with Gasteiger partial charge in [-0.25, -0.2) is 9.18 Å². The average molecular weight is 196 g/mol. The molecule has 14 heavy (non-hydrogen) atoms. The normalized spacial score (nSPS) is 10.2. The first kappa shape index (κ1) is 10.7. The lowest BCUT2D eigenvalue weighted by molar-refractivity contribution is 0.0690. The predicted molar refractivity (Wildman–Crippen MR) is 52.1 cm³/mol. The molecule has 0 atom stereocenters. The van der Waals surface area contributed by atoms with E-state index in [-0.39, 0.29) is 5.56 Å². The molecule has 0 aliphatic heterocycles. The van der Waals surface area contributed by atoms with Crippen LogP contribution < -0.4 is 0 Å². The highest BCUT2D eigenvalue weighted by molar-refractivity contribution is 5.89. The summed E-state index contributed by atoms with van der Waals surface area (Å²) in [6, 6.07) is 2.98. The van der Waals surface area contributed by atoms with E-state index in [0.29, 0.717) is 12.0 Å². The molecule has 1 rings (SSSR count). The van der Waals surface area contributed by atoms with Crippen LogP contribution in [0.25, 0.3) is 0 Å². The zero-order valence-electron chi connectivity index (χ0n) is 8.30. The van der Waals surface area contributed by atoms with E-state index in [2.05, 4.69) is 0 Å². The molecule has 1 aromatic carbocycles. The van der Waals surface area contributed by atoms with Crippen molar-refractivity contribution in [3.05, 3.63) is 34.6 Å². The number of aromatic carboxylic acids is 1. The standard InChI is InChI=1S/C11H13FO2/c1-3-4-8-5-7(2)6-9(12)10(8)11(13)14/h5-6H,3-4H2,1-2H3,(H,13,14). The smallest absolute Gasteiger partial charge is 0.338 e. The third kappa shape index (κ3) is 2.10. The van der Waals surface area contributed by atoms with Gasteiger partial charge in [0.2, 0.25) is 0 Å². The number of carboxylic acid groups (broad SMARTS) is 1. The van der Waals surface area contributed by atoms with E-state index in [9.17, 15) is 9.18 Å². The van der Waals surface area contributed by atoms with Crippen LogP contribution in [0.2, 0.25) is 0 Å². The first-order chi connectivity index (χ1) is 6.56. The zero-order chi connectivity index (χ0) is 10.7. The monoisotopic (exact) mass is 196 g/mol. The van der Waals surface area contributed by atoms with Gasteiger partial charge in [0.1, 0.15) is 5.82 Å². The summed E-state index contributed by atoms with van der Waals surface area (Å²) in [6.07, 6.45) is 1.41. The highest BCUT2D eigenvalue weighted by Gasteiger charge is 2.15. The van der Waals surface area contributed by atoms with Crippen LogP contribution in [0.15, 0.2) is 12.1 Å². The van der Waals surface area contributed by atoms with Crippen molar-refractivity contribution >= 4 is 5.97 Å². The van der Waals surface area contributed by atoms with Crippen molar-refractivity contribution in [2.75, 3.05) is 0 Å². The van der Waals surface area contributed by atoms with Gasteiger partial charge in [0.05, 0.1) is 5.56 Å². The summed E-state index contributed by atoms with van der Waals surface area (Å²) < 4.78 is 13.3. The van der Waals surface area contributed by atoms with Crippen LogP contribution in [0.1, 0.15) is 34.8 Å². The lowest BCUT2D eigenvalue weighted by atomic mass is 10.00. The van der Waals surface area contributed by atoms with Gasteiger partial charge in [-0.3, -0.25) is 0 Å². The molecule has 0 aliphatic carbocycles. The molecular formula is C11H13FO2. The fourth-order valence-corrected chi connectivity index (χ4v) is 1.52. The number of aryl methyl sites for hydroxylation is 2. The minimum Gasteiger partial charge on any atom is -0.478 e. The van der Waals surface area contributed by atoms with Crippen molar-refractivity contribution in [3.8, 4) is 0 Å². The van der Waals surface area contributed by atoms with Gasteiger partial charge in [-0.05, 0) is 30.5 Å². The number of hydrogen-bond acceptors (Lipinski definition) is 1. The summed E-state index contributed by atoms with van der Waals surface area (Å²) in [5.41, 5.74) is 1.16. The van der Waals surface area contributed by atoms with Crippen LogP contribution in [0.3, 0.4) is 0 Å². The van der Waals surface area contributed by atoms with Gasteiger partial charge in [-0.2, -0.15) is 0 Å². The summed E-state index contributed by atoms with van der Waals surface area (Å²) >= 11 is 0. The van der Waals surface area contributed by atoms with Crippen molar-refractivity contribution in [2.24, 2.45) is 0 Å². The van der Waals surface area contributed by atoms with E-state index < -0.39 is 11.8 Å². The van der Waals surface area contributed by atoms with Crippen LogP contribution in [-0.2, 0) is 6.42 Å². The molecule has 2 nitrogen and oxygen atoms in total. The van der Waals surface area contributed by atoms with E-state index in [1.165, 1.54) is 6.07 Å². The molecule has 76 valence electrons. The van der Waals surface area contributed by atoms with Crippen LogP contribution in [-0.4, -0.2) is 11.1 Å². The highest BCUT2D eigenvalue weighted by Crippen LogP contribution is 2.18. The molecule has 0 saturated heterocycles. The van der Waals surface area contributed by atoms with E-state index in [0.717, 1.165) is 12.0 Å². The Bertz CT molecular complexity index is 359. The third-order valence-electron chi connectivity index (χ3n) is 2.05. The molecule has 0 heterocycles. The molecule has 0 fully saturated rings. The SMILES string of the molecule is CCCc1cc(C)cc(F)c1C(=O)O. The molecule has 3 heteroatoms. The molecule has 0 aromatic heterocycles. The Labute approximate surface area is 82.4 Å². The van der Waals surface area contributed by atoms with Crippen molar-refractivity contribution in [3.63, 3.8) is 0 Å². The number of rotatable bonds is 3. The molecule has 0 amide bonds. The van der Waals surface area contributed by atoms with Gasteiger partial charge in [0, 0.05) is 0 Å². The van der Waals surface area contributed by atoms with Gasteiger partial charge in [-0.15, -0.1) is 0 Å². The highest BCUT2D eigenvalue weighted by atomic mass is 19.1. The Balaban J connectivity index is 3.28. The number of carboxylic acids is 1. The molecular weight excluding hydrogens is 183 g/mol. The molecule has 1 N–H and O–H groups in total. The predicted octanol–water partition coefficient (Wildman–Crippen LogP) is 2.78. The van der Waals surface area contributed by atoms with Crippen molar-refractivity contribution in [1.82, 2.24) is 0 Å². The molecule has 0 radical (unpaired) electrons. The van der Waals surface area contributed by atoms with E-state index in [4.69, 9.17) is 5.11 Å². The third-order valence-corrected chi connectivity index (χ3v) is 2.05. The first-order valence-corrected chi connectivity index (χ1v) is 4.58. The molecule has 0 aliphatic rings. The summed E-state index contributed by atoms with van der Waals surface area (Å²) in [5, 5.41) is 8.82. The number of benzene rings is 1. The molecule has 1 aromatic rings. The van der Waals surface area contributed by atoms with Gasteiger partial charge >= 0.3 is 5.97 Å². The summed E-state index contributed by atoms with van der Waals surface area (Å²) in [7, 11) is 0. The lowest BCUT2D eigenvalue weighted by Gasteiger charge is -2.07. The number of carbonyl (C=O) groups is 1. The summed E-state index contributed by atoms with van der Waals surface area (Å²) in [5.74, 6) is -1.83. The van der Waals surface area contributed by atoms with E-state index in [1.54, 1.807) is 13.0 Å². The number of hydrogen-bond donors (Lipinski definition) is 1. The second-order valence-electron chi connectivity index (χ2n) is 3.34. The van der Waals surface area contributed by atoms with Crippen LogP contribution >= 0.6 is 0 Å². The first-order valence-electron chi connectivity index (χ1n) is 4.58. The fourth-order valence-electron chi connectivity index (χ4n) is 1.52. The molecule has 0 spiro atoms. The maximum atomic E-state index is 13.3. The topological polar surface area (TPSA) is 37.3 Å². The number of halogens is 1. The largest absolute Gasteiger partial charge is 0.478 e.